The summed E-state index contributed by atoms with van der Waals surface area (Å²) in [6, 6.07) is 5.96. The first-order chi connectivity index (χ1) is 9.56. The Bertz CT molecular complexity index is 427. The standard InChI is InChI=1S/C17H25BrFN/c1-12(2)20-11-15(14-5-3-4-6-14)9-13-7-8-17(19)16(18)10-13/h7-8,10,12,14-15,20H,3-6,9,11H2,1-2H3. The molecule has 2 rings (SSSR count). The summed E-state index contributed by atoms with van der Waals surface area (Å²) in [5.74, 6) is 1.31. The number of halogens is 2. The molecule has 0 amide bonds. The Hall–Kier alpha value is -0.410. The Morgan fingerprint density at radius 3 is 2.60 bits per heavy atom. The lowest BCUT2D eigenvalue weighted by atomic mass is 9.85. The van der Waals surface area contributed by atoms with Crippen molar-refractivity contribution in [2.45, 2.75) is 52.0 Å². The second-order valence-corrected chi connectivity index (χ2v) is 7.17. The number of nitrogens with one attached hydrogen (secondary N) is 1. The van der Waals surface area contributed by atoms with Crippen molar-refractivity contribution in [2.75, 3.05) is 6.54 Å². The Morgan fingerprint density at radius 2 is 2.00 bits per heavy atom. The van der Waals surface area contributed by atoms with E-state index in [1.807, 2.05) is 12.1 Å². The van der Waals surface area contributed by atoms with Gasteiger partial charge in [-0.25, -0.2) is 4.39 Å². The second-order valence-electron chi connectivity index (χ2n) is 6.32. The van der Waals surface area contributed by atoms with Crippen LogP contribution in [0.5, 0.6) is 0 Å². The van der Waals surface area contributed by atoms with Crippen LogP contribution in [-0.2, 0) is 6.42 Å². The van der Waals surface area contributed by atoms with E-state index < -0.39 is 0 Å². The first-order valence-corrected chi connectivity index (χ1v) is 8.53. The lowest BCUT2D eigenvalue weighted by Gasteiger charge is -2.25. The lowest BCUT2D eigenvalue weighted by Crippen LogP contribution is -2.33. The van der Waals surface area contributed by atoms with Crippen molar-refractivity contribution in [1.29, 1.82) is 0 Å². The Labute approximate surface area is 130 Å². The summed E-state index contributed by atoms with van der Waals surface area (Å²) < 4.78 is 13.9. The highest BCUT2D eigenvalue weighted by atomic mass is 79.9. The summed E-state index contributed by atoms with van der Waals surface area (Å²) in [6.07, 6.45) is 6.49. The van der Waals surface area contributed by atoms with Crippen molar-refractivity contribution in [2.24, 2.45) is 11.8 Å². The van der Waals surface area contributed by atoms with Crippen LogP contribution in [0.2, 0.25) is 0 Å². The molecule has 20 heavy (non-hydrogen) atoms. The quantitative estimate of drug-likeness (QED) is 0.772. The van der Waals surface area contributed by atoms with E-state index in [2.05, 4.69) is 35.1 Å². The fourth-order valence-electron chi connectivity index (χ4n) is 3.19. The Balaban J connectivity index is 2.03. The molecule has 1 fully saturated rings. The average Bonchev–Trinajstić information content (AvgIpc) is 2.92. The van der Waals surface area contributed by atoms with Crippen LogP contribution in [-0.4, -0.2) is 12.6 Å². The molecule has 1 saturated carbocycles. The van der Waals surface area contributed by atoms with Gasteiger partial charge in [0.2, 0.25) is 0 Å². The van der Waals surface area contributed by atoms with E-state index in [4.69, 9.17) is 0 Å². The van der Waals surface area contributed by atoms with E-state index in [0.29, 0.717) is 16.4 Å². The summed E-state index contributed by atoms with van der Waals surface area (Å²) >= 11 is 3.29. The van der Waals surface area contributed by atoms with Crippen LogP contribution >= 0.6 is 15.9 Å². The van der Waals surface area contributed by atoms with Gasteiger partial charge >= 0.3 is 0 Å². The minimum Gasteiger partial charge on any atom is -0.314 e. The van der Waals surface area contributed by atoms with Crippen LogP contribution in [0.1, 0.15) is 45.1 Å². The first kappa shape index (κ1) is 16.0. The van der Waals surface area contributed by atoms with Gasteiger partial charge in [-0.1, -0.05) is 45.6 Å². The maximum absolute atomic E-state index is 13.3. The monoisotopic (exact) mass is 341 g/mol. The molecule has 1 N–H and O–H groups in total. The van der Waals surface area contributed by atoms with Crippen LogP contribution in [0.4, 0.5) is 4.39 Å². The summed E-state index contributed by atoms with van der Waals surface area (Å²) in [5.41, 5.74) is 1.24. The molecule has 1 atom stereocenters. The molecule has 0 bridgehead atoms. The summed E-state index contributed by atoms with van der Waals surface area (Å²) in [4.78, 5) is 0. The molecule has 1 nitrogen and oxygen atoms in total. The fourth-order valence-corrected chi connectivity index (χ4v) is 3.62. The lowest BCUT2D eigenvalue weighted by molar-refractivity contribution is 0.313. The van der Waals surface area contributed by atoms with Gasteiger partial charge in [-0.05, 0) is 58.4 Å². The van der Waals surface area contributed by atoms with Crippen LogP contribution in [0.25, 0.3) is 0 Å². The predicted octanol–water partition coefficient (Wildman–Crippen LogP) is 4.94. The molecule has 112 valence electrons. The summed E-state index contributed by atoms with van der Waals surface area (Å²) in [7, 11) is 0. The van der Waals surface area contributed by atoms with E-state index in [1.54, 1.807) is 6.07 Å². The van der Waals surface area contributed by atoms with Crippen molar-refractivity contribution in [3.8, 4) is 0 Å². The highest BCUT2D eigenvalue weighted by molar-refractivity contribution is 9.10. The van der Waals surface area contributed by atoms with Gasteiger partial charge in [-0.2, -0.15) is 0 Å². The summed E-state index contributed by atoms with van der Waals surface area (Å²) in [6.45, 7) is 5.46. The molecule has 3 heteroatoms. The predicted molar refractivity (Wildman–Crippen MR) is 86.4 cm³/mol. The van der Waals surface area contributed by atoms with E-state index in [0.717, 1.165) is 18.9 Å². The topological polar surface area (TPSA) is 12.0 Å². The van der Waals surface area contributed by atoms with Crippen LogP contribution in [0, 0.1) is 17.7 Å². The molecular weight excluding hydrogens is 317 g/mol. The number of rotatable bonds is 6. The van der Waals surface area contributed by atoms with Gasteiger partial charge in [-0.15, -0.1) is 0 Å². The van der Waals surface area contributed by atoms with Crippen molar-refractivity contribution < 1.29 is 4.39 Å². The van der Waals surface area contributed by atoms with E-state index in [-0.39, 0.29) is 5.82 Å². The SMILES string of the molecule is CC(C)NCC(Cc1ccc(F)c(Br)c1)C1CCCC1. The van der Waals surface area contributed by atoms with Crippen molar-refractivity contribution >= 4 is 15.9 Å². The van der Waals surface area contributed by atoms with Crippen molar-refractivity contribution in [3.05, 3.63) is 34.1 Å². The molecular formula is C17H25BrFN. The van der Waals surface area contributed by atoms with Gasteiger partial charge in [0.15, 0.2) is 0 Å². The highest BCUT2D eigenvalue weighted by Gasteiger charge is 2.25. The van der Waals surface area contributed by atoms with Gasteiger partial charge in [0.1, 0.15) is 5.82 Å². The zero-order valence-corrected chi connectivity index (χ0v) is 14.0. The second kappa shape index (κ2) is 7.56. The smallest absolute Gasteiger partial charge is 0.137 e. The van der Waals surface area contributed by atoms with Crippen molar-refractivity contribution in [3.63, 3.8) is 0 Å². The molecule has 0 aliphatic heterocycles. The third-order valence-electron chi connectivity index (χ3n) is 4.34. The highest BCUT2D eigenvalue weighted by Crippen LogP contribution is 2.33. The zero-order valence-electron chi connectivity index (χ0n) is 12.5. The number of hydrogen-bond acceptors (Lipinski definition) is 1. The molecule has 1 aromatic rings. The molecule has 0 aromatic heterocycles. The zero-order chi connectivity index (χ0) is 14.5. The number of hydrogen-bond donors (Lipinski definition) is 1. The van der Waals surface area contributed by atoms with Gasteiger partial charge in [0.25, 0.3) is 0 Å². The molecule has 0 heterocycles. The Kier molecular flexibility index (Phi) is 6.03. The number of benzene rings is 1. The third-order valence-corrected chi connectivity index (χ3v) is 4.94. The molecule has 1 aromatic carbocycles. The maximum atomic E-state index is 13.3. The van der Waals surface area contributed by atoms with E-state index >= 15 is 0 Å². The Morgan fingerprint density at radius 1 is 1.30 bits per heavy atom. The van der Waals surface area contributed by atoms with Gasteiger partial charge in [-0.3, -0.25) is 0 Å². The van der Waals surface area contributed by atoms with Crippen molar-refractivity contribution in [1.82, 2.24) is 5.32 Å². The van der Waals surface area contributed by atoms with Crippen LogP contribution < -0.4 is 5.32 Å². The molecule has 1 unspecified atom stereocenters. The normalized spacial score (nSPS) is 17.9. The molecule has 1 aliphatic carbocycles. The molecule has 1 aliphatic rings. The summed E-state index contributed by atoms with van der Waals surface area (Å²) in [5, 5.41) is 3.58. The minimum atomic E-state index is -0.175. The van der Waals surface area contributed by atoms with Crippen LogP contribution in [0.15, 0.2) is 22.7 Å². The van der Waals surface area contributed by atoms with E-state index in [1.165, 1.54) is 31.2 Å². The molecule has 0 spiro atoms. The largest absolute Gasteiger partial charge is 0.314 e. The average molecular weight is 342 g/mol. The van der Waals surface area contributed by atoms with E-state index in [9.17, 15) is 4.39 Å². The molecule has 0 radical (unpaired) electrons. The van der Waals surface area contributed by atoms with Gasteiger partial charge in [0, 0.05) is 6.04 Å². The molecule has 0 saturated heterocycles. The van der Waals surface area contributed by atoms with Gasteiger partial charge < -0.3 is 5.32 Å². The first-order valence-electron chi connectivity index (χ1n) is 7.73. The third kappa shape index (κ3) is 4.56. The maximum Gasteiger partial charge on any atom is 0.137 e. The van der Waals surface area contributed by atoms with Gasteiger partial charge in [0.05, 0.1) is 4.47 Å². The fraction of sp³-hybridized carbons (Fsp3) is 0.647. The minimum absolute atomic E-state index is 0.175. The van der Waals surface area contributed by atoms with Crippen LogP contribution in [0.3, 0.4) is 0 Å².